The Kier molecular flexibility index (Phi) is 7.62. The summed E-state index contributed by atoms with van der Waals surface area (Å²) in [6.07, 6.45) is 0.813. The lowest BCUT2D eigenvalue weighted by molar-refractivity contribution is -0.138. The van der Waals surface area contributed by atoms with Crippen LogP contribution >= 0.6 is 0 Å². The van der Waals surface area contributed by atoms with E-state index >= 15 is 0 Å². The smallest absolute Gasteiger partial charge is 0.228 e. The third kappa shape index (κ3) is 4.52. The number of methoxy groups -OCH3 is 3. The molecule has 0 bridgehead atoms. The van der Waals surface area contributed by atoms with Crippen LogP contribution in [0, 0.1) is 5.92 Å². The minimum Gasteiger partial charge on any atom is -0.497 e. The molecule has 0 N–H and O–H groups in total. The van der Waals surface area contributed by atoms with Crippen LogP contribution in [0.25, 0.3) is 0 Å². The molecule has 1 heterocycles. The predicted molar refractivity (Wildman–Crippen MR) is 123 cm³/mol. The molecule has 2 unspecified atom stereocenters. The van der Waals surface area contributed by atoms with Gasteiger partial charge in [-0.05, 0) is 62.2 Å². The zero-order valence-electron chi connectivity index (χ0n) is 19.5. The van der Waals surface area contributed by atoms with Gasteiger partial charge < -0.3 is 24.0 Å². The first-order valence-electron chi connectivity index (χ1n) is 11.0. The number of rotatable bonds is 8. The van der Waals surface area contributed by atoms with E-state index in [1.165, 1.54) is 0 Å². The van der Waals surface area contributed by atoms with Crippen molar-refractivity contribution < 1.29 is 23.8 Å². The number of benzene rings is 2. The van der Waals surface area contributed by atoms with E-state index in [2.05, 4.69) is 0 Å². The molecule has 0 saturated carbocycles. The number of piperidine rings is 1. The Morgan fingerprint density at radius 2 is 1.62 bits per heavy atom. The van der Waals surface area contributed by atoms with E-state index in [1.807, 2.05) is 61.2 Å². The Labute approximate surface area is 189 Å². The number of nitrogens with zero attached hydrogens (tertiary/aromatic N) is 2. The van der Waals surface area contributed by atoms with Gasteiger partial charge in [-0.25, -0.2) is 0 Å². The molecule has 172 valence electrons. The van der Waals surface area contributed by atoms with Crippen molar-refractivity contribution in [2.24, 2.45) is 5.92 Å². The summed E-state index contributed by atoms with van der Waals surface area (Å²) >= 11 is 0. The third-order valence-electron chi connectivity index (χ3n) is 6.09. The van der Waals surface area contributed by atoms with E-state index in [0.717, 1.165) is 11.3 Å². The molecular formula is C25H32N2O5. The number of amides is 2. The SMILES string of the molecule is CCN(CC)C(=O)C1CCC(=O)N(c2ccc(OC)cc2)C1c1ccc(OC)c(OC)c1. The van der Waals surface area contributed by atoms with Crippen LogP contribution in [0.15, 0.2) is 42.5 Å². The summed E-state index contributed by atoms with van der Waals surface area (Å²) in [6.45, 7) is 5.20. The van der Waals surface area contributed by atoms with Gasteiger partial charge in [0.15, 0.2) is 11.5 Å². The molecule has 0 aliphatic carbocycles. The molecule has 2 amide bonds. The van der Waals surface area contributed by atoms with Crippen LogP contribution in [0.3, 0.4) is 0 Å². The first-order valence-corrected chi connectivity index (χ1v) is 11.0. The Hall–Kier alpha value is -3.22. The van der Waals surface area contributed by atoms with Crippen molar-refractivity contribution in [3.05, 3.63) is 48.0 Å². The van der Waals surface area contributed by atoms with Crippen molar-refractivity contribution in [3.63, 3.8) is 0 Å². The number of ether oxygens (including phenoxy) is 3. The lowest BCUT2D eigenvalue weighted by Gasteiger charge is -2.42. The molecule has 2 atom stereocenters. The van der Waals surface area contributed by atoms with E-state index in [4.69, 9.17) is 14.2 Å². The van der Waals surface area contributed by atoms with Gasteiger partial charge in [0.2, 0.25) is 11.8 Å². The van der Waals surface area contributed by atoms with Crippen LogP contribution in [0.4, 0.5) is 5.69 Å². The van der Waals surface area contributed by atoms with Crippen LogP contribution in [-0.4, -0.2) is 51.1 Å². The van der Waals surface area contributed by atoms with Gasteiger partial charge in [-0.2, -0.15) is 0 Å². The fourth-order valence-electron chi connectivity index (χ4n) is 4.39. The molecule has 32 heavy (non-hydrogen) atoms. The van der Waals surface area contributed by atoms with Crippen molar-refractivity contribution >= 4 is 17.5 Å². The molecular weight excluding hydrogens is 408 g/mol. The Morgan fingerprint density at radius 3 is 2.19 bits per heavy atom. The average molecular weight is 441 g/mol. The Bertz CT molecular complexity index is 940. The van der Waals surface area contributed by atoms with E-state index in [-0.39, 0.29) is 17.7 Å². The number of anilines is 1. The van der Waals surface area contributed by atoms with Crippen LogP contribution < -0.4 is 19.1 Å². The third-order valence-corrected chi connectivity index (χ3v) is 6.09. The second kappa shape index (κ2) is 10.4. The first-order chi connectivity index (χ1) is 15.5. The molecule has 1 fully saturated rings. The number of carbonyl (C=O) groups excluding carboxylic acids is 2. The van der Waals surface area contributed by atoms with Crippen molar-refractivity contribution in [3.8, 4) is 17.2 Å². The maximum atomic E-state index is 13.5. The maximum Gasteiger partial charge on any atom is 0.228 e. The van der Waals surface area contributed by atoms with Crippen LogP contribution in [0.1, 0.15) is 38.3 Å². The summed E-state index contributed by atoms with van der Waals surface area (Å²) in [6, 6.07) is 12.5. The van der Waals surface area contributed by atoms with Crippen molar-refractivity contribution in [1.82, 2.24) is 4.90 Å². The van der Waals surface area contributed by atoms with Crippen molar-refractivity contribution in [1.29, 1.82) is 0 Å². The number of carbonyl (C=O) groups is 2. The fraction of sp³-hybridized carbons (Fsp3) is 0.440. The van der Waals surface area contributed by atoms with E-state index in [0.29, 0.717) is 43.2 Å². The van der Waals surface area contributed by atoms with Gasteiger partial charge in [-0.3, -0.25) is 9.59 Å². The number of hydrogen-bond acceptors (Lipinski definition) is 5. The highest BCUT2D eigenvalue weighted by Gasteiger charge is 2.42. The maximum absolute atomic E-state index is 13.5. The summed E-state index contributed by atoms with van der Waals surface area (Å²) in [5.74, 6) is 1.54. The lowest BCUT2D eigenvalue weighted by atomic mass is 9.82. The largest absolute Gasteiger partial charge is 0.497 e. The molecule has 0 radical (unpaired) electrons. The molecule has 1 aliphatic heterocycles. The molecule has 7 nitrogen and oxygen atoms in total. The highest BCUT2D eigenvalue weighted by molar-refractivity contribution is 5.97. The van der Waals surface area contributed by atoms with E-state index in [9.17, 15) is 9.59 Å². The zero-order chi connectivity index (χ0) is 23.3. The van der Waals surface area contributed by atoms with Gasteiger partial charge >= 0.3 is 0 Å². The lowest BCUT2D eigenvalue weighted by Crippen LogP contribution is -2.49. The highest BCUT2D eigenvalue weighted by Crippen LogP contribution is 2.43. The van der Waals surface area contributed by atoms with Gasteiger partial charge in [0.05, 0.1) is 33.3 Å². The normalized spacial score (nSPS) is 18.3. The van der Waals surface area contributed by atoms with Gasteiger partial charge in [-0.1, -0.05) is 6.07 Å². The minimum absolute atomic E-state index is 0.0152. The van der Waals surface area contributed by atoms with Crippen LogP contribution in [0.2, 0.25) is 0 Å². The fourth-order valence-corrected chi connectivity index (χ4v) is 4.39. The van der Waals surface area contributed by atoms with Crippen molar-refractivity contribution in [2.45, 2.75) is 32.7 Å². The van der Waals surface area contributed by atoms with E-state index < -0.39 is 6.04 Å². The second-order valence-corrected chi connectivity index (χ2v) is 7.68. The summed E-state index contributed by atoms with van der Waals surface area (Å²) in [5, 5.41) is 0. The standard InChI is InChI=1S/C25H32N2O5/c1-6-26(7-2)25(29)20-13-15-23(28)27(18-9-11-19(30-3)12-10-18)24(20)17-8-14-21(31-4)22(16-17)32-5/h8-12,14,16,20,24H,6-7,13,15H2,1-5H3. The Morgan fingerprint density at radius 1 is 0.969 bits per heavy atom. The van der Waals surface area contributed by atoms with Crippen molar-refractivity contribution in [2.75, 3.05) is 39.3 Å². The molecule has 1 aliphatic rings. The van der Waals surface area contributed by atoms with Gasteiger partial charge in [0, 0.05) is 25.2 Å². The minimum atomic E-state index is -0.461. The van der Waals surface area contributed by atoms with Crippen LogP contribution in [-0.2, 0) is 9.59 Å². The van der Waals surface area contributed by atoms with Gasteiger partial charge in [0.1, 0.15) is 5.75 Å². The zero-order valence-corrected chi connectivity index (χ0v) is 19.5. The molecule has 7 heteroatoms. The van der Waals surface area contributed by atoms with Gasteiger partial charge in [0.25, 0.3) is 0 Å². The Balaban J connectivity index is 2.14. The summed E-state index contributed by atoms with van der Waals surface area (Å²) in [7, 11) is 4.76. The monoisotopic (exact) mass is 440 g/mol. The average Bonchev–Trinajstić information content (AvgIpc) is 2.84. The summed E-state index contributed by atoms with van der Waals surface area (Å²) < 4.78 is 16.2. The predicted octanol–water partition coefficient (Wildman–Crippen LogP) is 4.07. The van der Waals surface area contributed by atoms with Gasteiger partial charge in [-0.15, -0.1) is 0 Å². The van der Waals surface area contributed by atoms with Crippen LogP contribution in [0.5, 0.6) is 17.2 Å². The summed E-state index contributed by atoms with van der Waals surface area (Å²) in [4.78, 5) is 30.3. The molecule has 3 rings (SSSR count). The molecule has 0 aromatic heterocycles. The molecule has 1 saturated heterocycles. The van der Waals surface area contributed by atoms with E-state index in [1.54, 1.807) is 26.2 Å². The molecule has 2 aromatic carbocycles. The molecule has 2 aromatic rings. The second-order valence-electron chi connectivity index (χ2n) is 7.68. The highest BCUT2D eigenvalue weighted by atomic mass is 16.5. The topological polar surface area (TPSA) is 68.3 Å². The quantitative estimate of drug-likeness (QED) is 0.619. The first kappa shape index (κ1) is 23.4. The number of hydrogen-bond donors (Lipinski definition) is 0. The molecule has 0 spiro atoms. The summed E-state index contributed by atoms with van der Waals surface area (Å²) in [5.41, 5.74) is 1.56.